The third kappa shape index (κ3) is 1.09. The quantitative estimate of drug-likeness (QED) is 0.696. The van der Waals surface area contributed by atoms with Gasteiger partial charge in [-0.25, -0.2) is 0 Å². The van der Waals surface area contributed by atoms with Gasteiger partial charge in [0, 0.05) is 6.61 Å². The Morgan fingerprint density at radius 2 is 2.00 bits per heavy atom. The monoisotopic (exact) mass is 182 g/mol. The molecule has 0 spiro atoms. The fourth-order valence-electron chi connectivity index (χ4n) is 4.34. The van der Waals surface area contributed by atoms with Gasteiger partial charge < -0.3 is 5.11 Å². The molecule has 0 aromatic rings. The fraction of sp³-hybridized carbons (Fsp3) is 1.00. The molecule has 0 aliphatic heterocycles. The van der Waals surface area contributed by atoms with Gasteiger partial charge in [0.25, 0.3) is 0 Å². The average Bonchev–Trinajstić information content (AvgIpc) is 2.15. The maximum atomic E-state index is 9.33. The van der Waals surface area contributed by atoms with E-state index < -0.39 is 0 Å². The van der Waals surface area contributed by atoms with Crippen molar-refractivity contribution in [2.45, 2.75) is 40.0 Å². The number of rotatable bonds is 2. The predicted molar refractivity (Wildman–Crippen MR) is 54.4 cm³/mol. The number of aliphatic hydroxyl groups excluding tert-OH is 1. The lowest BCUT2D eigenvalue weighted by Gasteiger charge is -2.65. The van der Waals surface area contributed by atoms with E-state index in [4.69, 9.17) is 0 Å². The zero-order chi connectivity index (χ0) is 9.64. The Labute approximate surface area is 81.5 Å². The molecule has 3 aliphatic rings. The van der Waals surface area contributed by atoms with Crippen molar-refractivity contribution in [2.24, 2.45) is 29.1 Å². The van der Waals surface area contributed by atoms with Gasteiger partial charge in [-0.3, -0.25) is 0 Å². The summed E-state index contributed by atoms with van der Waals surface area (Å²) in [6.45, 7) is 7.52. The van der Waals surface area contributed by atoms with E-state index >= 15 is 0 Å². The van der Waals surface area contributed by atoms with Gasteiger partial charge >= 0.3 is 0 Å². The highest BCUT2D eigenvalue weighted by molar-refractivity contribution is 5.08. The van der Waals surface area contributed by atoms with Crippen LogP contribution in [0, 0.1) is 29.1 Å². The van der Waals surface area contributed by atoms with Crippen LogP contribution in [-0.2, 0) is 0 Å². The standard InChI is InChI=1S/C12H22O/c1-4-9-10-6-5-8(7-13)11(9)12(10,2)3/h8-11,13H,4-7H2,1-3H3. The highest BCUT2D eigenvalue weighted by Gasteiger charge is 2.59. The van der Waals surface area contributed by atoms with E-state index in [-0.39, 0.29) is 0 Å². The molecular formula is C12H22O. The van der Waals surface area contributed by atoms with Crippen molar-refractivity contribution >= 4 is 0 Å². The molecule has 4 atom stereocenters. The van der Waals surface area contributed by atoms with Gasteiger partial charge in [-0.2, -0.15) is 0 Å². The topological polar surface area (TPSA) is 20.2 Å². The smallest absolute Gasteiger partial charge is 0.0462 e. The van der Waals surface area contributed by atoms with Gasteiger partial charge in [0.05, 0.1) is 0 Å². The molecule has 76 valence electrons. The van der Waals surface area contributed by atoms with Crippen LogP contribution in [0.15, 0.2) is 0 Å². The molecule has 13 heavy (non-hydrogen) atoms. The lowest BCUT2D eigenvalue weighted by molar-refractivity contribution is -0.178. The van der Waals surface area contributed by atoms with Gasteiger partial charge in [-0.05, 0) is 41.9 Å². The summed E-state index contributed by atoms with van der Waals surface area (Å²) >= 11 is 0. The summed E-state index contributed by atoms with van der Waals surface area (Å²) < 4.78 is 0. The van der Waals surface area contributed by atoms with Crippen molar-refractivity contribution in [3.8, 4) is 0 Å². The first kappa shape index (κ1) is 9.51. The van der Waals surface area contributed by atoms with Gasteiger partial charge in [0.15, 0.2) is 0 Å². The molecule has 0 amide bonds. The molecule has 0 saturated heterocycles. The second-order valence-corrected chi connectivity index (χ2v) is 5.55. The highest BCUT2D eigenvalue weighted by Crippen LogP contribution is 2.65. The van der Waals surface area contributed by atoms with Crippen LogP contribution in [-0.4, -0.2) is 11.7 Å². The molecule has 0 radical (unpaired) electrons. The molecular weight excluding hydrogens is 160 g/mol. The third-order valence-corrected chi connectivity index (χ3v) is 4.86. The maximum Gasteiger partial charge on any atom is 0.0462 e. The van der Waals surface area contributed by atoms with E-state index in [2.05, 4.69) is 20.8 Å². The van der Waals surface area contributed by atoms with Crippen LogP contribution in [0.1, 0.15) is 40.0 Å². The van der Waals surface area contributed by atoms with Crippen molar-refractivity contribution < 1.29 is 5.11 Å². The van der Waals surface area contributed by atoms with Crippen molar-refractivity contribution in [2.75, 3.05) is 6.61 Å². The fourth-order valence-corrected chi connectivity index (χ4v) is 4.34. The lowest BCUT2D eigenvalue weighted by atomic mass is 9.40. The summed E-state index contributed by atoms with van der Waals surface area (Å²) in [6, 6.07) is 0. The van der Waals surface area contributed by atoms with Gasteiger partial charge in [-0.1, -0.05) is 27.2 Å². The van der Waals surface area contributed by atoms with Crippen LogP contribution < -0.4 is 0 Å². The Kier molecular flexibility index (Phi) is 2.18. The molecule has 2 bridgehead atoms. The van der Waals surface area contributed by atoms with Crippen LogP contribution in [0.5, 0.6) is 0 Å². The van der Waals surface area contributed by atoms with Gasteiger partial charge in [0.2, 0.25) is 0 Å². The third-order valence-electron chi connectivity index (χ3n) is 4.86. The lowest BCUT2D eigenvalue weighted by Crippen LogP contribution is -2.60. The normalized spacial score (nSPS) is 47.1. The van der Waals surface area contributed by atoms with E-state index in [1.807, 2.05) is 0 Å². The Hall–Kier alpha value is -0.0400. The van der Waals surface area contributed by atoms with Gasteiger partial charge in [-0.15, -0.1) is 0 Å². The average molecular weight is 182 g/mol. The molecule has 0 heterocycles. The first-order valence-corrected chi connectivity index (χ1v) is 5.73. The zero-order valence-corrected chi connectivity index (χ0v) is 9.09. The molecule has 3 rings (SSSR count). The number of fused-ring (bicyclic) bond motifs is 2. The highest BCUT2D eigenvalue weighted by atomic mass is 16.3. The molecule has 1 heteroatoms. The van der Waals surface area contributed by atoms with E-state index in [0.29, 0.717) is 17.9 Å². The first-order chi connectivity index (χ1) is 6.12. The van der Waals surface area contributed by atoms with E-state index in [9.17, 15) is 5.11 Å². The van der Waals surface area contributed by atoms with Gasteiger partial charge in [0.1, 0.15) is 0 Å². The second-order valence-electron chi connectivity index (χ2n) is 5.55. The van der Waals surface area contributed by atoms with Crippen LogP contribution in [0.3, 0.4) is 0 Å². The summed E-state index contributed by atoms with van der Waals surface area (Å²) in [5.74, 6) is 3.28. The Morgan fingerprint density at radius 1 is 1.31 bits per heavy atom. The maximum absolute atomic E-state index is 9.33. The summed E-state index contributed by atoms with van der Waals surface area (Å²) in [7, 11) is 0. The summed E-state index contributed by atoms with van der Waals surface area (Å²) in [4.78, 5) is 0. The molecule has 0 aromatic heterocycles. The first-order valence-electron chi connectivity index (χ1n) is 5.73. The van der Waals surface area contributed by atoms with E-state index in [1.165, 1.54) is 19.3 Å². The van der Waals surface area contributed by atoms with Crippen LogP contribution in [0.25, 0.3) is 0 Å². The summed E-state index contributed by atoms with van der Waals surface area (Å²) in [5, 5.41) is 9.33. The molecule has 3 aliphatic carbocycles. The number of aliphatic hydroxyl groups is 1. The molecule has 3 saturated carbocycles. The molecule has 4 unspecified atom stereocenters. The molecule has 1 nitrogen and oxygen atoms in total. The Balaban J connectivity index is 2.16. The number of hydrogen-bond donors (Lipinski definition) is 1. The van der Waals surface area contributed by atoms with Crippen molar-refractivity contribution in [3.63, 3.8) is 0 Å². The minimum Gasteiger partial charge on any atom is -0.396 e. The van der Waals surface area contributed by atoms with E-state index in [1.54, 1.807) is 0 Å². The largest absolute Gasteiger partial charge is 0.396 e. The molecule has 3 fully saturated rings. The molecule has 1 N–H and O–H groups in total. The van der Waals surface area contributed by atoms with Crippen molar-refractivity contribution in [3.05, 3.63) is 0 Å². The SMILES string of the molecule is CCC1C2CCC(CO)C1C2(C)C. The second kappa shape index (κ2) is 2.98. The number of hydrogen-bond acceptors (Lipinski definition) is 1. The van der Waals surface area contributed by atoms with Crippen LogP contribution >= 0.6 is 0 Å². The van der Waals surface area contributed by atoms with Crippen LogP contribution in [0.4, 0.5) is 0 Å². The van der Waals surface area contributed by atoms with Crippen LogP contribution in [0.2, 0.25) is 0 Å². The minimum atomic E-state index is 0.414. The predicted octanol–water partition coefficient (Wildman–Crippen LogP) is 2.69. The zero-order valence-electron chi connectivity index (χ0n) is 9.09. The van der Waals surface area contributed by atoms with Crippen molar-refractivity contribution in [1.82, 2.24) is 0 Å². The summed E-state index contributed by atoms with van der Waals surface area (Å²) in [6.07, 6.45) is 3.94. The van der Waals surface area contributed by atoms with E-state index in [0.717, 1.165) is 17.8 Å². The Bertz CT molecular complexity index is 191. The molecule has 0 aromatic carbocycles. The summed E-state index contributed by atoms with van der Waals surface area (Å²) in [5.41, 5.74) is 0.520. The van der Waals surface area contributed by atoms with Crippen molar-refractivity contribution in [1.29, 1.82) is 0 Å². The minimum absolute atomic E-state index is 0.414. The Morgan fingerprint density at radius 3 is 2.46 bits per heavy atom.